The van der Waals surface area contributed by atoms with Gasteiger partial charge in [-0.2, -0.15) is 0 Å². The standard InChI is InChI=1S/C13H17FO3/c1-8(2)17-7-10-4-5-11(14)6-12(10)9(3)13(15)16/h4-6,8-9H,7H2,1-3H3,(H,15,16). The molecule has 0 aromatic heterocycles. The minimum atomic E-state index is -0.971. The van der Waals surface area contributed by atoms with Crippen LogP contribution >= 0.6 is 0 Å². The number of ether oxygens (including phenoxy) is 1. The molecule has 0 saturated carbocycles. The van der Waals surface area contributed by atoms with Crippen LogP contribution in [0.3, 0.4) is 0 Å². The molecule has 0 amide bonds. The first-order valence-electron chi connectivity index (χ1n) is 5.54. The maximum absolute atomic E-state index is 13.1. The Morgan fingerprint density at radius 1 is 1.41 bits per heavy atom. The Hall–Kier alpha value is -1.42. The van der Waals surface area contributed by atoms with Crippen LogP contribution in [0, 0.1) is 5.82 Å². The molecule has 1 N–H and O–H groups in total. The fourth-order valence-corrected chi connectivity index (χ4v) is 1.49. The number of rotatable bonds is 5. The molecule has 0 aliphatic rings. The van der Waals surface area contributed by atoms with Crippen molar-refractivity contribution in [2.45, 2.75) is 39.4 Å². The SMILES string of the molecule is CC(C)OCc1ccc(F)cc1C(C)C(=O)O. The molecule has 1 aromatic carbocycles. The van der Waals surface area contributed by atoms with Crippen LogP contribution in [0.2, 0.25) is 0 Å². The third kappa shape index (κ3) is 3.82. The molecule has 3 nitrogen and oxygen atoms in total. The highest BCUT2D eigenvalue weighted by atomic mass is 19.1. The molecule has 0 bridgehead atoms. The van der Waals surface area contributed by atoms with E-state index in [1.54, 1.807) is 6.07 Å². The Morgan fingerprint density at radius 2 is 2.06 bits per heavy atom. The fourth-order valence-electron chi connectivity index (χ4n) is 1.49. The van der Waals surface area contributed by atoms with Crippen LogP contribution in [0.1, 0.15) is 37.8 Å². The lowest BCUT2D eigenvalue weighted by Gasteiger charge is -2.15. The van der Waals surface area contributed by atoms with Crippen LogP contribution in [0.15, 0.2) is 18.2 Å². The second-order valence-corrected chi connectivity index (χ2v) is 4.26. The Bertz CT molecular complexity index is 402. The fraction of sp³-hybridized carbons (Fsp3) is 0.462. The number of hydrogen-bond donors (Lipinski definition) is 1. The second-order valence-electron chi connectivity index (χ2n) is 4.26. The summed E-state index contributed by atoms with van der Waals surface area (Å²) < 4.78 is 18.6. The summed E-state index contributed by atoms with van der Waals surface area (Å²) in [6.45, 7) is 5.62. The van der Waals surface area contributed by atoms with Crippen molar-refractivity contribution in [3.63, 3.8) is 0 Å². The molecular formula is C13H17FO3. The van der Waals surface area contributed by atoms with Crippen molar-refractivity contribution in [1.82, 2.24) is 0 Å². The van der Waals surface area contributed by atoms with Gasteiger partial charge >= 0.3 is 5.97 Å². The van der Waals surface area contributed by atoms with Crippen LogP contribution < -0.4 is 0 Å². The number of halogens is 1. The largest absolute Gasteiger partial charge is 0.481 e. The molecule has 0 spiro atoms. The second kappa shape index (κ2) is 5.77. The lowest BCUT2D eigenvalue weighted by molar-refractivity contribution is -0.138. The summed E-state index contributed by atoms with van der Waals surface area (Å²) in [5.41, 5.74) is 1.19. The number of aliphatic carboxylic acids is 1. The van der Waals surface area contributed by atoms with Crippen molar-refractivity contribution in [2.24, 2.45) is 0 Å². The lowest BCUT2D eigenvalue weighted by atomic mass is 9.96. The Kier molecular flexibility index (Phi) is 4.63. The van der Waals surface area contributed by atoms with E-state index in [1.807, 2.05) is 13.8 Å². The summed E-state index contributed by atoms with van der Waals surface area (Å²) in [5.74, 6) is -2.14. The van der Waals surface area contributed by atoms with Crippen LogP contribution in [-0.2, 0) is 16.1 Å². The molecule has 4 heteroatoms. The summed E-state index contributed by atoms with van der Waals surface area (Å²) in [5, 5.41) is 8.96. The van der Waals surface area contributed by atoms with E-state index in [0.29, 0.717) is 12.2 Å². The summed E-state index contributed by atoms with van der Waals surface area (Å²) in [4.78, 5) is 10.9. The zero-order valence-corrected chi connectivity index (χ0v) is 10.2. The van der Waals surface area contributed by atoms with Gasteiger partial charge in [0.2, 0.25) is 0 Å². The number of carboxylic acids is 1. The Labute approximate surface area is 100 Å². The Balaban J connectivity index is 2.99. The number of benzene rings is 1. The number of carbonyl (C=O) groups is 1. The molecule has 0 aliphatic carbocycles. The minimum absolute atomic E-state index is 0.0491. The van der Waals surface area contributed by atoms with Crippen molar-refractivity contribution < 1.29 is 19.0 Å². The van der Waals surface area contributed by atoms with Gasteiger partial charge in [0, 0.05) is 0 Å². The first kappa shape index (κ1) is 13.6. The van der Waals surface area contributed by atoms with Crippen molar-refractivity contribution >= 4 is 5.97 Å². The molecule has 0 fully saturated rings. The zero-order chi connectivity index (χ0) is 13.0. The first-order valence-corrected chi connectivity index (χ1v) is 5.54. The van der Waals surface area contributed by atoms with Crippen LogP contribution in [0.25, 0.3) is 0 Å². The van der Waals surface area contributed by atoms with Gasteiger partial charge in [-0.25, -0.2) is 4.39 Å². The molecule has 1 rings (SSSR count). The molecular weight excluding hydrogens is 223 g/mol. The third-order valence-electron chi connectivity index (χ3n) is 2.52. The predicted octanol–water partition coefficient (Wildman–Crippen LogP) is 2.94. The van der Waals surface area contributed by atoms with E-state index in [-0.39, 0.29) is 6.10 Å². The summed E-state index contributed by atoms with van der Waals surface area (Å²) in [6.07, 6.45) is 0.0491. The van der Waals surface area contributed by atoms with E-state index in [4.69, 9.17) is 9.84 Å². The molecule has 17 heavy (non-hydrogen) atoms. The average Bonchev–Trinajstić information content (AvgIpc) is 2.26. The predicted molar refractivity (Wildman–Crippen MR) is 62.4 cm³/mol. The first-order chi connectivity index (χ1) is 7.91. The third-order valence-corrected chi connectivity index (χ3v) is 2.52. The maximum atomic E-state index is 13.1. The van der Waals surface area contributed by atoms with Gasteiger partial charge < -0.3 is 9.84 Å². The highest BCUT2D eigenvalue weighted by molar-refractivity contribution is 5.76. The molecule has 1 aromatic rings. The molecule has 0 radical (unpaired) electrons. The van der Waals surface area contributed by atoms with Gasteiger partial charge in [0.05, 0.1) is 18.6 Å². The van der Waals surface area contributed by atoms with Gasteiger partial charge in [0.1, 0.15) is 5.82 Å². The monoisotopic (exact) mass is 240 g/mol. The van der Waals surface area contributed by atoms with Gasteiger partial charge in [0.15, 0.2) is 0 Å². The van der Waals surface area contributed by atoms with Gasteiger partial charge in [-0.1, -0.05) is 6.07 Å². The van der Waals surface area contributed by atoms with Gasteiger partial charge in [-0.05, 0) is 44.0 Å². The van der Waals surface area contributed by atoms with Gasteiger partial charge in [0.25, 0.3) is 0 Å². The molecule has 1 atom stereocenters. The molecule has 0 heterocycles. The summed E-state index contributed by atoms with van der Waals surface area (Å²) in [6, 6.07) is 4.15. The van der Waals surface area contributed by atoms with E-state index in [9.17, 15) is 9.18 Å². The zero-order valence-electron chi connectivity index (χ0n) is 10.2. The Morgan fingerprint density at radius 3 is 2.59 bits per heavy atom. The van der Waals surface area contributed by atoms with E-state index in [0.717, 1.165) is 5.56 Å². The molecule has 0 aliphatic heterocycles. The van der Waals surface area contributed by atoms with Gasteiger partial charge in [-0.15, -0.1) is 0 Å². The van der Waals surface area contributed by atoms with Crippen LogP contribution in [0.4, 0.5) is 4.39 Å². The van der Waals surface area contributed by atoms with E-state index in [1.165, 1.54) is 19.1 Å². The number of hydrogen-bond acceptors (Lipinski definition) is 2. The smallest absolute Gasteiger partial charge is 0.310 e. The van der Waals surface area contributed by atoms with E-state index >= 15 is 0 Å². The lowest BCUT2D eigenvalue weighted by Crippen LogP contribution is -2.12. The summed E-state index contributed by atoms with van der Waals surface area (Å²) in [7, 11) is 0. The number of carboxylic acid groups (broad SMARTS) is 1. The topological polar surface area (TPSA) is 46.5 Å². The van der Waals surface area contributed by atoms with E-state index in [2.05, 4.69) is 0 Å². The quantitative estimate of drug-likeness (QED) is 0.860. The molecule has 0 saturated heterocycles. The molecule has 1 unspecified atom stereocenters. The van der Waals surface area contributed by atoms with E-state index < -0.39 is 17.7 Å². The maximum Gasteiger partial charge on any atom is 0.310 e. The van der Waals surface area contributed by atoms with Crippen molar-refractivity contribution in [1.29, 1.82) is 0 Å². The van der Waals surface area contributed by atoms with Crippen molar-refractivity contribution in [3.05, 3.63) is 35.1 Å². The van der Waals surface area contributed by atoms with Crippen molar-refractivity contribution in [3.8, 4) is 0 Å². The van der Waals surface area contributed by atoms with Crippen LogP contribution in [0.5, 0.6) is 0 Å². The highest BCUT2D eigenvalue weighted by Crippen LogP contribution is 2.22. The highest BCUT2D eigenvalue weighted by Gasteiger charge is 2.18. The van der Waals surface area contributed by atoms with Crippen LogP contribution in [-0.4, -0.2) is 17.2 Å². The molecule has 94 valence electrons. The normalized spacial score (nSPS) is 12.8. The summed E-state index contributed by atoms with van der Waals surface area (Å²) >= 11 is 0. The minimum Gasteiger partial charge on any atom is -0.481 e. The van der Waals surface area contributed by atoms with Crippen molar-refractivity contribution in [2.75, 3.05) is 0 Å². The average molecular weight is 240 g/mol. The van der Waals surface area contributed by atoms with Gasteiger partial charge in [-0.3, -0.25) is 4.79 Å².